The second-order valence-electron chi connectivity index (χ2n) is 6.78. The molecule has 2 aromatic carbocycles. The van der Waals surface area contributed by atoms with Crippen LogP contribution in [0.2, 0.25) is 0 Å². The van der Waals surface area contributed by atoms with Gasteiger partial charge in [-0.1, -0.05) is 18.2 Å². The lowest BCUT2D eigenvalue weighted by Gasteiger charge is -2.23. The molecule has 142 valence electrons. The van der Waals surface area contributed by atoms with Crippen LogP contribution in [0.5, 0.6) is 0 Å². The Morgan fingerprint density at radius 3 is 2.61 bits per heavy atom. The summed E-state index contributed by atoms with van der Waals surface area (Å²) in [5.41, 5.74) is 3.62. The van der Waals surface area contributed by atoms with Crippen LogP contribution in [0.25, 0.3) is 21.5 Å². The topological polar surface area (TPSA) is 58.4 Å². The van der Waals surface area contributed by atoms with Gasteiger partial charge in [0.25, 0.3) is 0 Å². The molecule has 0 aliphatic rings. The van der Waals surface area contributed by atoms with Crippen LogP contribution in [0.1, 0.15) is 24.4 Å². The van der Waals surface area contributed by atoms with Gasteiger partial charge in [0.05, 0.1) is 6.04 Å². The quantitative estimate of drug-likeness (QED) is 0.458. The van der Waals surface area contributed by atoms with Gasteiger partial charge in [-0.05, 0) is 50.2 Å². The number of amides is 2. The maximum absolute atomic E-state index is 12.7. The third kappa shape index (κ3) is 3.64. The minimum atomic E-state index is -0.190. The van der Waals surface area contributed by atoms with E-state index in [4.69, 9.17) is 4.42 Å². The van der Waals surface area contributed by atoms with Crippen molar-refractivity contribution in [2.45, 2.75) is 19.9 Å². The summed E-state index contributed by atoms with van der Waals surface area (Å²) in [5, 5.41) is 6.98. The standard InChI is InChI=1S/C22H21N3O2S/c1-14-13-28-21(23-14)16-8-10-18(11-9-16)24-22(26)25(3)15(2)20-12-17-6-4-5-7-19(17)27-20/h4-13,15H,1-3H3,(H,24,26)/t15-/m0/s1. The number of carbonyl (C=O) groups is 1. The molecule has 6 heteroatoms. The van der Waals surface area contributed by atoms with E-state index in [1.54, 1.807) is 23.3 Å². The van der Waals surface area contributed by atoms with Crippen molar-refractivity contribution >= 4 is 34.0 Å². The maximum atomic E-state index is 12.7. The number of aryl methyl sites for hydroxylation is 1. The average Bonchev–Trinajstić information content (AvgIpc) is 3.33. The average molecular weight is 391 g/mol. The fourth-order valence-electron chi connectivity index (χ4n) is 2.97. The smallest absolute Gasteiger partial charge is 0.322 e. The summed E-state index contributed by atoms with van der Waals surface area (Å²) in [6.07, 6.45) is 0. The molecule has 0 saturated carbocycles. The molecule has 4 aromatic rings. The summed E-state index contributed by atoms with van der Waals surface area (Å²) in [6, 6.07) is 17.2. The zero-order chi connectivity index (χ0) is 19.7. The number of aromatic nitrogens is 1. The Bertz CT molecular complexity index is 1080. The third-order valence-corrected chi connectivity index (χ3v) is 5.77. The van der Waals surface area contributed by atoms with E-state index < -0.39 is 0 Å². The van der Waals surface area contributed by atoms with Gasteiger partial charge in [0.15, 0.2) is 0 Å². The first-order valence-electron chi connectivity index (χ1n) is 9.06. The van der Waals surface area contributed by atoms with Crippen molar-refractivity contribution in [2.24, 2.45) is 0 Å². The Labute approximate surface area is 167 Å². The molecule has 2 amide bonds. The van der Waals surface area contributed by atoms with Gasteiger partial charge in [0.1, 0.15) is 16.4 Å². The molecule has 5 nitrogen and oxygen atoms in total. The monoisotopic (exact) mass is 391 g/mol. The van der Waals surface area contributed by atoms with E-state index in [0.29, 0.717) is 0 Å². The van der Waals surface area contributed by atoms with Crippen LogP contribution in [-0.4, -0.2) is 23.0 Å². The minimum absolute atomic E-state index is 0.189. The third-order valence-electron chi connectivity index (χ3n) is 4.76. The number of para-hydroxylation sites is 1. The van der Waals surface area contributed by atoms with Crippen molar-refractivity contribution in [1.82, 2.24) is 9.88 Å². The molecule has 0 unspecified atom stereocenters. The number of hydrogen-bond acceptors (Lipinski definition) is 4. The lowest BCUT2D eigenvalue weighted by Crippen LogP contribution is -2.33. The molecule has 1 N–H and O–H groups in total. The van der Waals surface area contributed by atoms with E-state index >= 15 is 0 Å². The molecule has 0 aliphatic carbocycles. The number of nitrogens with zero attached hydrogens (tertiary/aromatic N) is 2. The van der Waals surface area contributed by atoms with Gasteiger partial charge >= 0.3 is 6.03 Å². The fraction of sp³-hybridized carbons (Fsp3) is 0.182. The van der Waals surface area contributed by atoms with Crippen LogP contribution in [0.15, 0.2) is 64.4 Å². The zero-order valence-electron chi connectivity index (χ0n) is 16.0. The number of fused-ring (bicyclic) bond motifs is 1. The second-order valence-corrected chi connectivity index (χ2v) is 7.63. The van der Waals surface area contributed by atoms with E-state index in [1.807, 2.05) is 73.8 Å². The van der Waals surface area contributed by atoms with Gasteiger partial charge in [-0.15, -0.1) is 11.3 Å². The van der Waals surface area contributed by atoms with Gasteiger partial charge in [-0.2, -0.15) is 0 Å². The van der Waals surface area contributed by atoms with Crippen molar-refractivity contribution in [1.29, 1.82) is 0 Å². The van der Waals surface area contributed by atoms with Crippen LogP contribution in [0.3, 0.4) is 0 Å². The first kappa shape index (κ1) is 18.3. The molecule has 2 aromatic heterocycles. The van der Waals surface area contributed by atoms with Gasteiger partial charge in [0.2, 0.25) is 0 Å². The minimum Gasteiger partial charge on any atom is -0.459 e. The van der Waals surface area contributed by atoms with Gasteiger partial charge < -0.3 is 14.6 Å². The predicted molar refractivity (Wildman–Crippen MR) is 114 cm³/mol. The molecule has 0 aliphatic heterocycles. The Morgan fingerprint density at radius 2 is 1.93 bits per heavy atom. The molecule has 0 bridgehead atoms. The predicted octanol–water partition coefficient (Wildman–Crippen LogP) is 6.09. The van der Waals surface area contributed by atoms with Crippen molar-refractivity contribution in [2.75, 3.05) is 12.4 Å². The van der Waals surface area contributed by atoms with E-state index in [0.717, 1.165) is 38.7 Å². The number of thiazole rings is 1. The van der Waals surface area contributed by atoms with Crippen LogP contribution in [0, 0.1) is 6.92 Å². The van der Waals surface area contributed by atoms with Crippen molar-refractivity contribution in [3.63, 3.8) is 0 Å². The molecule has 4 rings (SSSR count). The fourth-order valence-corrected chi connectivity index (χ4v) is 3.77. The molecule has 0 fully saturated rings. The van der Waals surface area contributed by atoms with Gasteiger partial charge in [0, 0.05) is 34.8 Å². The number of hydrogen-bond donors (Lipinski definition) is 1. The molecular weight excluding hydrogens is 370 g/mol. The van der Waals surface area contributed by atoms with E-state index in [-0.39, 0.29) is 12.1 Å². The van der Waals surface area contributed by atoms with E-state index in [2.05, 4.69) is 10.3 Å². The van der Waals surface area contributed by atoms with Crippen LogP contribution in [-0.2, 0) is 0 Å². The SMILES string of the molecule is Cc1csc(-c2ccc(NC(=O)N(C)[C@@H](C)c3cc4ccccc4o3)cc2)n1. The second kappa shape index (κ2) is 7.48. The lowest BCUT2D eigenvalue weighted by molar-refractivity contribution is 0.201. The summed E-state index contributed by atoms with van der Waals surface area (Å²) in [4.78, 5) is 18.8. The summed E-state index contributed by atoms with van der Waals surface area (Å²) in [6.45, 7) is 3.93. The largest absolute Gasteiger partial charge is 0.459 e. The summed E-state index contributed by atoms with van der Waals surface area (Å²) >= 11 is 1.61. The Balaban J connectivity index is 1.45. The van der Waals surface area contributed by atoms with Crippen LogP contribution < -0.4 is 5.32 Å². The Kier molecular flexibility index (Phi) is 4.88. The highest BCUT2D eigenvalue weighted by Crippen LogP contribution is 2.28. The number of benzene rings is 2. The number of anilines is 1. The number of carbonyl (C=O) groups excluding carboxylic acids is 1. The zero-order valence-corrected chi connectivity index (χ0v) is 16.8. The van der Waals surface area contributed by atoms with Crippen molar-refractivity contribution in [3.05, 3.63) is 71.4 Å². The highest BCUT2D eigenvalue weighted by atomic mass is 32.1. The van der Waals surface area contributed by atoms with Gasteiger partial charge in [-0.3, -0.25) is 0 Å². The van der Waals surface area contributed by atoms with Crippen molar-refractivity contribution < 1.29 is 9.21 Å². The lowest BCUT2D eigenvalue weighted by atomic mass is 10.2. The van der Waals surface area contributed by atoms with Crippen molar-refractivity contribution in [3.8, 4) is 10.6 Å². The molecule has 28 heavy (non-hydrogen) atoms. The number of furan rings is 1. The molecule has 2 heterocycles. The van der Waals surface area contributed by atoms with Crippen LogP contribution in [0.4, 0.5) is 10.5 Å². The molecule has 0 radical (unpaired) electrons. The number of nitrogens with one attached hydrogen (secondary N) is 1. The van der Waals surface area contributed by atoms with Gasteiger partial charge in [-0.25, -0.2) is 9.78 Å². The van der Waals surface area contributed by atoms with E-state index in [9.17, 15) is 4.79 Å². The molecule has 1 atom stereocenters. The van der Waals surface area contributed by atoms with Crippen LogP contribution >= 0.6 is 11.3 Å². The maximum Gasteiger partial charge on any atom is 0.322 e. The summed E-state index contributed by atoms with van der Waals surface area (Å²) in [7, 11) is 1.76. The first-order chi connectivity index (χ1) is 13.5. The molecular formula is C22H21N3O2S. The van der Waals surface area contributed by atoms with E-state index in [1.165, 1.54) is 0 Å². The normalized spacial score (nSPS) is 12.1. The summed E-state index contributed by atoms with van der Waals surface area (Å²) < 4.78 is 5.89. The Morgan fingerprint density at radius 1 is 1.18 bits per heavy atom. The first-order valence-corrected chi connectivity index (χ1v) is 9.94. The summed E-state index contributed by atoms with van der Waals surface area (Å²) in [5.74, 6) is 0.758. The highest BCUT2D eigenvalue weighted by molar-refractivity contribution is 7.13. The highest BCUT2D eigenvalue weighted by Gasteiger charge is 2.21. The number of rotatable bonds is 4. The molecule has 0 spiro atoms. The Hall–Kier alpha value is -3.12. The number of urea groups is 1. The molecule has 0 saturated heterocycles.